The Hall–Kier alpha value is -3.19. The number of carboxylic acid groups (broad SMARTS) is 1. The lowest BCUT2D eigenvalue weighted by molar-refractivity contribution is -0.192. The SMILES string of the molecule is CCCCC1N(Cc2csc(C)n2)C(=O)OC12CCN(C1CCN(C(=O)c3c(C)cccc3C)CC1)CC2.O=C(O)C(F)(F)F. The Morgan fingerprint density at radius 2 is 1.69 bits per heavy atom. The zero-order valence-corrected chi connectivity index (χ0v) is 27.2. The van der Waals surface area contributed by atoms with Crippen LogP contribution in [-0.2, 0) is 16.1 Å². The van der Waals surface area contributed by atoms with Crippen LogP contribution in [0.1, 0.15) is 84.1 Å². The first-order chi connectivity index (χ1) is 21.3. The van der Waals surface area contributed by atoms with Crippen LogP contribution in [0.4, 0.5) is 18.0 Å². The first-order valence-corrected chi connectivity index (χ1v) is 16.4. The maximum atomic E-state index is 13.3. The summed E-state index contributed by atoms with van der Waals surface area (Å²) in [5.74, 6) is -2.59. The Labute approximate surface area is 266 Å². The third-order valence-corrected chi connectivity index (χ3v) is 10.0. The molecule has 13 heteroatoms. The molecule has 248 valence electrons. The Kier molecular flexibility index (Phi) is 11.2. The molecule has 1 spiro atoms. The summed E-state index contributed by atoms with van der Waals surface area (Å²) in [4.78, 5) is 46.5. The molecule has 0 bridgehead atoms. The number of halogens is 3. The number of ether oxygens (including phenoxy) is 1. The van der Waals surface area contributed by atoms with Crippen LogP contribution in [-0.4, -0.2) is 92.8 Å². The molecule has 3 aliphatic rings. The summed E-state index contributed by atoms with van der Waals surface area (Å²) in [6.07, 6.45) is 1.66. The number of carboxylic acids is 1. The highest BCUT2D eigenvalue weighted by molar-refractivity contribution is 7.09. The van der Waals surface area contributed by atoms with Gasteiger partial charge in [-0.05, 0) is 51.2 Å². The molecule has 1 aromatic heterocycles. The van der Waals surface area contributed by atoms with Crippen molar-refractivity contribution in [1.29, 1.82) is 0 Å². The number of hydrogen-bond donors (Lipinski definition) is 1. The van der Waals surface area contributed by atoms with Crippen LogP contribution < -0.4 is 0 Å². The van der Waals surface area contributed by atoms with Gasteiger partial charge in [0.15, 0.2) is 0 Å². The fourth-order valence-electron chi connectivity index (χ4n) is 6.81. The van der Waals surface area contributed by atoms with Crippen molar-refractivity contribution in [3.8, 4) is 0 Å². The van der Waals surface area contributed by atoms with Gasteiger partial charge in [-0.15, -0.1) is 11.3 Å². The number of piperidine rings is 2. The number of carbonyl (C=O) groups is 3. The van der Waals surface area contributed by atoms with Crippen molar-refractivity contribution in [2.75, 3.05) is 26.2 Å². The first-order valence-electron chi connectivity index (χ1n) is 15.6. The van der Waals surface area contributed by atoms with E-state index >= 15 is 0 Å². The third-order valence-electron chi connectivity index (χ3n) is 9.19. The molecular weight excluding hydrogens is 609 g/mol. The Balaban J connectivity index is 0.000000591. The van der Waals surface area contributed by atoms with Gasteiger partial charge in [0.05, 0.1) is 23.3 Å². The molecule has 0 radical (unpaired) electrons. The van der Waals surface area contributed by atoms with Gasteiger partial charge < -0.3 is 14.7 Å². The maximum absolute atomic E-state index is 13.3. The van der Waals surface area contributed by atoms with Crippen molar-refractivity contribution < 1.29 is 37.4 Å². The monoisotopic (exact) mass is 652 g/mol. The van der Waals surface area contributed by atoms with Crippen molar-refractivity contribution in [3.63, 3.8) is 0 Å². The Morgan fingerprint density at radius 1 is 1.09 bits per heavy atom. The van der Waals surface area contributed by atoms with Gasteiger partial charge in [0.25, 0.3) is 5.91 Å². The lowest BCUT2D eigenvalue weighted by Gasteiger charge is -2.46. The molecule has 0 aliphatic carbocycles. The number of aromatic nitrogens is 1. The first kappa shape index (κ1) is 34.7. The van der Waals surface area contributed by atoms with Crippen LogP contribution in [0.15, 0.2) is 23.6 Å². The lowest BCUT2D eigenvalue weighted by Crippen LogP contribution is -2.56. The van der Waals surface area contributed by atoms with E-state index < -0.39 is 17.7 Å². The van der Waals surface area contributed by atoms with E-state index in [4.69, 9.17) is 14.6 Å². The summed E-state index contributed by atoms with van der Waals surface area (Å²) >= 11 is 1.63. The van der Waals surface area contributed by atoms with E-state index in [1.807, 2.05) is 48.8 Å². The van der Waals surface area contributed by atoms with Crippen LogP contribution in [0, 0.1) is 20.8 Å². The summed E-state index contributed by atoms with van der Waals surface area (Å²) in [7, 11) is 0. The predicted molar refractivity (Wildman–Crippen MR) is 164 cm³/mol. The van der Waals surface area contributed by atoms with Crippen molar-refractivity contribution in [3.05, 3.63) is 51.0 Å². The number of rotatable bonds is 7. The average Bonchev–Trinajstić information content (AvgIpc) is 3.51. The van der Waals surface area contributed by atoms with Gasteiger partial charge in [-0.2, -0.15) is 13.2 Å². The molecule has 45 heavy (non-hydrogen) atoms. The number of hydrogen-bond acceptors (Lipinski definition) is 7. The molecule has 1 N–H and O–H groups in total. The molecule has 9 nitrogen and oxygen atoms in total. The fraction of sp³-hybridized carbons (Fsp3) is 0.625. The minimum absolute atomic E-state index is 0.107. The molecule has 2 aromatic rings. The lowest BCUT2D eigenvalue weighted by atomic mass is 9.81. The minimum Gasteiger partial charge on any atom is -0.475 e. The third kappa shape index (κ3) is 8.16. The quantitative estimate of drug-likeness (QED) is 0.372. The zero-order valence-electron chi connectivity index (χ0n) is 26.4. The second-order valence-corrected chi connectivity index (χ2v) is 13.3. The van der Waals surface area contributed by atoms with E-state index in [-0.39, 0.29) is 18.0 Å². The number of thiazole rings is 1. The molecule has 3 saturated heterocycles. The molecule has 1 atom stereocenters. The Bertz CT molecular complexity index is 1330. The predicted octanol–water partition coefficient (Wildman–Crippen LogP) is 6.35. The molecule has 5 rings (SSSR count). The second-order valence-electron chi connectivity index (χ2n) is 12.2. The highest BCUT2D eigenvalue weighted by Crippen LogP contribution is 2.42. The topological polar surface area (TPSA) is 103 Å². The maximum Gasteiger partial charge on any atom is 0.490 e. The highest BCUT2D eigenvalue weighted by Gasteiger charge is 2.55. The van der Waals surface area contributed by atoms with Crippen LogP contribution in [0.25, 0.3) is 0 Å². The molecule has 4 heterocycles. The summed E-state index contributed by atoms with van der Waals surface area (Å²) in [5.41, 5.74) is 3.54. The van der Waals surface area contributed by atoms with E-state index in [1.54, 1.807) is 11.3 Å². The van der Waals surface area contributed by atoms with Crippen molar-refractivity contribution in [2.45, 2.75) is 103 Å². The number of likely N-dealkylation sites (tertiary alicyclic amines) is 2. The summed E-state index contributed by atoms with van der Waals surface area (Å²) in [6, 6.07) is 6.66. The normalized spacial score (nSPS) is 20.6. The van der Waals surface area contributed by atoms with Gasteiger partial charge >= 0.3 is 18.2 Å². The van der Waals surface area contributed by atoms with Crippen molar-refractivity contribution >= 4 is 29.3 Å². The van der Waals surface area contributed by atoms with Crippen molar-refractivity contribution in [2.24, 2.45) is 0 Å². The number of alkyl halides is 3. The number of benzene rings is 1. The highest BCUT2D eigenvalue weighted by atomic mass is 32.1. The standard InChI is InChI=1S/C30H42N4O3S.C2HF3O2/c1-5-6-10-26-30(37-29(36)34(26)19-24-20-38-23(4)31-24)13-17-32(18-14-30)25-11-15-33(16-12-25)28(35)27-21(2)8-7-9-22(27)3;3-2(4,5)1(6)7/h7-9,20,25-26H,5-6,10-19H2,1-4H3;(H,6,7). The van der Waals surface area contributed by atoms with Gasteiger partial charge in [-0.25, -0.2) is 14.6 Å². The molecule has 3 fully saturated rings. The van der Waals surface area contributed by atoms with E-state index in [0.717, 1.165) is 98.5 Å². The zero-order chi connectivity index (χ0) is 32.9. The number of unbranched alkanes of at least 4 members (excludes halogenated alkanes) is 1. The largest absolute Gasteiger partial charge is 0.490 e. The minimum atomic E-state index is -5.08. The van der Waals surface area contributed by atoms with Gasteiger partial charge in [-0.3, -0.25) is 14.6 Å². The molecule has 1 aromatic carbocycles. The van der Waals surface area contributed by atoms with Crippen LogP contribution in [0.3, 0.4) is 0 Å². The van der Waals surface area contributed by atoms with Crippen molar-refractivity contribution in [1.82, 2.24) is 19.7 Å². The van der Waals surface area contributed by atoms with E-state index in [0.29, 0.717) is 12.6 Å². The fourth-order valence-corrected chi connectivity index (χ4v) is 7.41. The summed E-state index contributed by atoms with van der Waals surface area (Å²) in [5, 5.41) is 10.2. The van der Waals surface area contributed by atoms with E-state index in [9.17, 15) is 22.8 Å². The smallest absolute Gasteiger partial charge is 0.475 e. The number of amides is 2. The van der Waals surface area contributed by atoms with Crippen LogP contribution in [0.5, 0.6) is 0 Å². The van der Waals surface area contributed by atoms with Gasteiger partial charge in [0.2, 0.25) is 0 Å². The van der Waals surface area contributed by atoms with E-state index in [1.165, 1.54) is 0 Å². The van der Waals surface area contributed by atoms with Gasteiger partial charge in [0.1, 0.15) is 5.60 Å². The molecule has 3 aliphatic heterocycles. The molecule has 2 amide bonds. The summed E-state index contributed by atoms with van der Waals surface area (Å²) < 4.78 is 38.0. The number of aliphatic carboxylic acids is 1. The van der Waals surface area contributed by atoms with E-state index in [2.05, 4.69) is 22.2 Å². The second kappa shape index (κ2) is 14.5. The number of nitrogens with zero attached hydrogens (tertiary/aromatic N) is 4. The van der Waals surface area contributed by atoms with Gasteiger partial charge in [-0.1, -0.05) is 38.0 Å². The number of carbonyl (C=O) groups excluding carboxylic acids is 2. The van der Waals surface area contributed by atoms with Crippen LogP contribution in [0.2, 0.25) is 0 Å². The molecule has 0 saturated carbocycles. The Morgan fingerprint density at radius 3 is 2.20 bits per heavy atom. The van der Waals surface area contributed by atoms with Gasteiger partial charge in [0, 0.05) is 56.0 Å². The average molecular weight is 653 g/mol. The molecular formula is C32H43F3N4O5S. The number of aryl methyl sites for hydroxylation is 3. The van der Waals surface area contributed by atoms with Crippen LogP contribution >= 0.6 is 11.3 Å². The summed E-state index contributed by atoms with van der Waals surface area (Å²) in [6.45, 7) is 12.3. The molecule has 1 unspecified atom stereocenters.